The van der Waals surface area contributed by atoms with E-state index in [0.29, 0.717) is 5.41 Å². The predicted molar refractivity (Wildman–Crippen MR) is 101 cm³/mol. The van der Waals surface area contributed by atoms with Crippen LogP contribution in [0.25, 0.3) is 0 Å². The first-order valence-corrected chi connectivity index (χ1v) is 9.76. The third kappa shape index (κ3) is 3.32. The minimum absolute atomic E-state index is 0.571. The molecular formula is C20H32N4. The number of nitrogens with one attached hydrogen (secondary N) is 1. The van der Waals surface area contributed by atoms with Gasteiger partial charge in [-0.05, 0) is 49.5 Å². The molecule has 0 aliphatic carbocycles. The maximum Gasteiger partial charge on any atom is 0.0412 e. The average Bonchev–Trinajstić information content (AvgIpc) is 3.25. The molecule has 4 heteroatoms. The van der Waals surface area contributed by atoms with E-state index in [9.17, 15) is 0 Å². The maximum atomic E-state index is 3.57. The summed E-state index contributed by atoms with van der Waals surface area (Å²) in [7, 11) is 0. The highest BCUT2D eigenvalue weighted by molar-refractivity contribution is 5.54. The number of benzene rings is 1. The Morgan fingerprint density at radius 1 is 1.00 bits per heavy atom. The summed E-state index contributed by atoms with van der Waals surface area (Å²) in [6.45, 7) is 14.3. The normalized spacial score (nSPS) is 29.0. The van der Waals surface area contributed by atoms with Crippen molar-refractivity contribution in [3.63, 3.8) is 0 Å². The van der Waals surface area contributed by atoms with Crippen molar-refractivity contribution < 1.29 is 0 Å². The first-order chi connectivity index (χ1) is 11.8. The number of anilines is 1. The van der Waals surface area contributed by atoms with E-state index < -0.39 is 0 Å². The van der Waals surface area contributed by atoms with Crippen LogP contribution < -0.4 is 10.2 Å². The zero-order valence-corrected chi connectivity index (χ0v) is 15.1. The lowest BCUT2D eigenvalue weighted by atomic mass is 9.86. The largest absolute Gasteiger partial charge is 0.369 e. The molecule has 3 fully saturated rings. The van der Waals surface area contributed by atoms with Gasteiger partial charge in [-0.2, -0.15) is 0 Å². The zero-order valence-electron chi connectivity index (χ0n) is 15.1. The minimum Gasteiger partial charge on any atom is -0.369 e. The summed E-state index contributed by atoms with van der Waals surface area (Å²) in [5.74, 6) is 0. The van der Waals surface area contributed by atoms with E-state index in [0.717, 1.165) is 6.54 Å². The van der Waals surface area contributed by atoms with Crippen LogP contribution in [0.2, 0.25) is 0 Å². The van der Waals surface area contributed by atoms with Gasteiger partial charge in [0, 0.05) is 51.5 Å². The summed E-state index contributed by atoms with van der Waals surface area (Å²) in [6.07, 6.45) is 2.74. The van der Waals surface area contributed by atoms with Crippen LogP contribution in [-0.4, -0.2) is 68.7 Å². The number of rotatable bonds is 4. The second kappa shape index (κ2) is 7.03. The van der Waals surface area contributed by atoms with Crippen molar-refractivity contribution in [3.8, 4) is 0 Å². The minimum atomic E-state index is 0.571. The van der Waals surface area contributed by atoms with Crippen LogP contribution in [0.15, 0.2) is 24.3 Å². The predicted octanol–water partition coefficient (Wildman–Crippen LogP) is 2.01. The number of hydrogen-bond acceptors (Lipinski definition) is 4. The van der Waals surface area contributed by atoms with Crippen LogP contribution in [0.4, 0.5) is 5.69 Å². The molecular weight excluding hydrogens is 296 g/mol. The molecule has 1 N–H and O–H groups in total. The monoisotopic (exact) mass is 328 g/mol. The highest BCUT2D eigenvalue weighted by atomic mass is 15.3. The molecule has 4 nitrogen and oxygen atoms in total. The lowest BCUT2D eigenvalue weighted by molar-refractivity contribution is 0.264. The van der Waals surface area contributed by atoms with Crippen molar-refractivity contribution in [2.45, 2.75) is 26.3 Å². The molecule has 3 heterocycles. The molecule has 0 saturated carbocycles. The first kappa shape index (κ1) is 16.4. The van der Waals surface area contributed by atoms with E-state index >= 15 is 0 Å². The second-order valence-corrected chi connectivity index (χ2v) is 7.94. The molecule has 1 unspecified atom stereocenters. The van der Waals surface area contributed by atoms with E-state index in [1.165, 1.54) is 83.0 Å². The number of piperazine rings is 1. The topological polar surface area (TPSA) is 21.8 Å². The van der Waals surface area contributed by atoms with Gasteiger partial charge in [-0.1, -0.05) is 25.1 Å². The van der Waals surface area contributed by atoms with Gasteiger partial charge in [-0.3, -0.25) is 4.90 Å². The fraction of sp³-hybridized carbons (Fsp3) is 0.700. The Hall–Kier alpha value is -1.10. The third-order valence-corrected chi connectivity index (χ3v) is 6.40. The van der Waals surface area contributed by atoms with Crippen LogP contribution >= 0.6 is 0 Å². The second-order valence-electron chi connectivity index (χ2n) is 7.94. The van der Waals surface area contributed by atoms with Gasteiger partial charge in [0.2, 0.25) is 0 Å². The summed E-state index contributed by atoms with van der Waals surface area (Å²) < 4.78 is 0. The van der Waals surface area contributed by atoms with Gasteiger partial charge in [0.15, 0.2) is 0 Å². The van der Waals surface area contributed by atoms with E-state index in [1.807, 2.05) is 0 Å². The van der Waals surface area contributed by atoms with E-state index in [2.05, 4.69) is 51.2 Å². The Bertz CT molecular complexity index is 544. The summed E-state index contributed by atoms with van der Waals surface area (Å²) in [4.78, 5) is 7.84. The van der Waals surface area contributed by atoms with Crippen LogP contribution in [0, 0.1) is 5.41 Å². The van der Waals surface area contributed by atoms with Crippen molar-refractivity contribution in [2.75, 3.05) is 63.8 Å². The highest BCUT2D eigenvalue weighted by Gasteiger charge is 2.40. The Balaban J connectivity index is 1.43. The van der Waals surface area contributed by atoms with Gasteiger partial charge in [0.05, 0.1) is 0 Å². The van der Waals surface area contributed by atoms with E-state index in [-0.39, 0.29) is 0 Å². The molecule has 24 heavy (non-hydrogen) atoms. The summed E-state index contributed by atoms with van der Waals surface area (Å²) in [6, 6.07) is 9.10. The first-order valence-electron chi connectivity index (χ1n) is 9.76. The fourth-order valence-corrected chi connectivity index (χ4v) is 4.81. The average molecular weight is 329 g/mol. The molecule has 0 radical (unpaired) electrons. The van der Waals surface area contributed by atoms with Gasteiger partial charge in [0.1, 0.15) is 0 Å². The molecule has 1 aromatic rings. The molecule has 3 aliphatic heterocycles. The molecule has 4 rings (SSSR count). The molecule has 132 valence electrons. The van der Waals surface area contributed by atoms with Crippen LogP contribution in [0.3, 0.4) is 0 Å². The smallest absolute Gasteiger partial charge is 0.0412 e. The Labute approximate surface area is 146 Å². The lowest BCUT2D eigenvalue weighted by Crippen LogP contribution is -2.46. The molecule has 0 aromatic heterocycles. The van der Waals surface area contributed by atoms with Gasteiger partial charge in [-0.25, -0.2) is 0 Å². The molecule has 3 saturated heterocycles. The summed E-state index contributed by atoms with van der Waals surface area (Å²) in [5.41, 5.74) is 3.56. The lowest BCUT2D eigenvalue weighted by Gasteiger charge is -2.37. The summed E-state index contributed by atoms with van der Waals surface area (Å²) in [5, 5.41) is 3.57. The van der Waals surface area contributed by atoms with Gasteiger partial charge < -0.3 is 15.1 Å². The van der Waals surface area contributed by atoms with Crippen molar-refractivity contribution in [3.05, 3.63) is 29.8 Å². The quantitative estimate of drug-likeness (QED) is 0.913. The van der Waals surface area contributed by atoms with Gasteiger partial charge in [-0.15, -0.1) is 0 Å². The number of likely N-dealkylation sites (tertiary alicyclic amines) is 1. The maximum absolute atomic E-state index is 3.57. The fourth-order valence-electron chi connectivity index (χ4n) is 4.81. The van der Waals surface area contributed by atoms with Crippen LogP contribution in [0.5, 0.6) is 0 Å². The summed E-state index contributed by atoms with van der Waals surface area (Å²) >= 11 is 0. The SMILES string of the molecule is CCN1CCN(c2ccccc2CN2CCC3(CCNC3)C2)CC1. The molecule has 0 amide bonds. The van der Waals surface area contributed by atoms with Crippen molar-refractivity contribution >= 4 is 5.69 Å². The Morgan fingerprint density at radius 2 is 1.83 bits per heavy atom. The van der Waals surface area contributed by atoms with Gasteiger partial charge >= 0.3 is 0 Å². The molecule has 1 atom stereocenters. The number of likely N-dealkylation sites (N-methyl/N-ethyl adjacent to an activating group) is 1. The molecule has 1 spiro atoms. The number of para-hydroxylation sites is 1. The van der Waals surface area contributed by atoms with Gasteiger partial charge in [0.25, 0.3) is 0 Å². The molecule has 0 bridgehead atoms. The van der Waals surface area contributed by atoms with E-state index in [1.54, 1.807) is 0 Å². The van der Waals surface area contributed by atoms with Crippen molar-refractivity contribution in [1.29, 1.82) is 0 Å². The number of hydrogen-bond donors (Lipinski definition) is 1. The van der Waals surface area contributed by atoms with Crippen LogP contribution in [-0.2, 0) is 6.54 Å². The highest BCUT2D eigenvalue weighted by Crippen LogP contribution is 2.37. The standard InChI is InChI=1S/C20H32N4/c1-2-22-11-13-24(14-12-22)19-6-4-3-5-18(19)15-23-10-8-20(17-23)7-9-21-16-20/h3-6,21H,2,7-17H2,1H3. The van der Waals surface area contributed by atoms with Crippen LogP contribution in [0.1, 0.15) is 25.3 Å². The molecule has 1 aromatic carbocycles. The van der Waals surface area contributed by atoms with Crippen molar-refractivity contribution in [2.24, 2.45) is 5.41 Å². The number of nitrogens with zero attached hydrogens (tertiary/aromatic N) is 3. The van der Waals surface area contributed by atoms with E-state index in [4.69, 9.17) is 0 Å². The van der Waals surface area contributed by atoms with Crippen molar-refractivity contribution in [1.82, 2.24) is 15.1 Å². The molecule has 3 aliphatic rings. The third-order valence-electron chi connectivity index (χ3n) is 6.40. The Morgan fingerprint density at radius 3 is 2.58 bits per heavy atom. The Kier molecular flexibility index (Phi) is 4.79. The zero-order chi connectivity index (χ0) is 16.4.